The number of likely N-dealkylation sites (tertiary alicyclic amines) is 1. The second-order valence-electron chi connectivity index (χ2n) is 5.95. The van der Waals surface area contributed by atoms with Crippen molar-refractivity contribution in [3.05, 3.63) is 35.4 Å². The molecule has 2 nitrogen and oxygen atoms in total. The summed E-state index contributed by atoms with van der Waals surface area (Å²) in [5.74, 6) is -0.653. The third-order valence-corrected chi connectivity index (χ3v) is 4.58. The summed E-state index contributed by atoms with van der Waals surface area (Å²) in [6.45, 7) is 4.71. The van der Waals surface area contributed by atoms with Crippen LogP contribution in [0.15, 0.2) is 18.2 Å². The molecule has 0 bridgehead atoms. The molecule has 0 saturated carbocycles. The van der Waals surface area contributed by atoms with Crippen molar-refractivity contribution in [3.63, 3.8) is 0 Å². The number of rotatable bonds is 2. The van der Waals surface area contributed by atoms with E-state index < -0.39 is 0 Å². The van der Waals surface area contributed by atoms with Gasteiger partial charge in [0.2, 0.25) is 0 Å². The van der Waals surface area contributed by atoms with Gasteiger partial charge >= 0.3 is 0 Å². The number of benzene rings is 1. The molecule has 2 fully saturated rings. The lowest BCUT2D eigenvalue weighted by molar-refractivity contribution is 0.193. The smallest absolute Gasteiger partial charge is 0.127 e. The average Bonchev–Trinajstić information content (AvgIpc) is 2.78. The molecule has 1 N–H and O–H groups in total. The normalized spacial score (nSPS) is 23.1. The fraction of sp³-hybridized carbons (Fsp3) is 0.600. The Balaban J connectivity index is 1.66. The molecular formula is C15H20F2N2. The highest BCUT2D eigenvalue weighted by molar-refractivity contribution is 5.19. The van der Waals surface area contributed by atoms with Gasteiger partial charge in [-0.2, -0.15) is 0 Å². The van der Waals surface area contributed by atoms with E-state index in [1.807, 2.05) is 0 Å². The Kier molecular flexibility index (Phi) is 3.54. The average molecular weight is 266 g/mol. The van der Waals surface area contributed by atoms with Crippen molar-refractivity contribution < 1.29 is 8.78 Å². The molecule has 2 saturated heterocycles. The summed E-state index contributed by atoms with van der Waals surface area (Å²) < 4.78 is 26.8. The topological polar surface area (TPSA) is 15.3 Å². The van der Waals surface area contributed by atoms with Crippen LogP contribution in [0.3, 0.4) is 0 Å². The van der Waals surface area contributed by atoms with E-state index in [4.69, 9.17) is 0 Å². The summed E-state index contributed by atoms with van der Waals surface area (Å²) in [5, 5.41) is 3.39. The van der Waals surface area contributed by atoms with Gasteiger partial charge in [-0.3, -0.25) is 4.90 Å². The van der Waals surface area contributed by atoms with Gasteiger partial charge in [0.1, 0.15) is 11.6 Å². The highest BCUT2D eigenvalue weighted by Gasteiger charge is 2.38. The van der Waals surface area contributed by atoms with Crippen molar-refractivity contribution in [1.82, 2.24) is 10.2 Å². The van der Waals surface area contributed by atoms with Gasteiger partial charge in [-0.15, -0.1) is 0 Å². The Labute approximate surface area is 112 Å². The second-order valence-corrected chi connectivity index (χ2v) is 5.95. The van der Waals surface area contributed by atoms with Gasteiger partial charge in [0.15, 0.2) is 0 Å². The Morgan fingerprint density at radius 2 is 1.95 bits per heavy atom. The van der Waals surface area contributed by atoms with E-state index in [1.165, 1.54) is 37.5 Å². The van der Waals surface area contributed by atoms with Crippen molar-refractivity contribution in [1.29, 1.82) is 0 Å². The zero-order valence-electron chi connectivity index (χ0n) is 11.1. The second kappa shape index (κ2) is 5.17. The van der Waals surface area contributed by atoms with Crippen molar-refractivity contribution in [3.8, 4) is 0 Å². The Hall–Kier alpha value is -1.00. The molecule has 2 heterocycles. The number of hydrogen-bond donors (Lipinski definition) is 1. The predicted octanol–water partition coefficient (Wildman–Crippen LogP) is 2.54. The van der Waals surface area contributed by atoms with Crippen molar-refractivity contribution in [2.75, 3.05) is 26.2 Å². The third-order valence-electron chi connectivity index (χ3n) is 4.58. The van der Waals surface area contributed by atoms with Crippen LogP contribution < -0.4 is 5.32 Å². The lowest BCUT2D eigenvalue weighted by Crippen LogP contribution is -2.38. The quantitative estimate of drug-likeness (QED) is 0.885. The first-order chi connectivity index (χ1) is 9.17. The predicted molar refractivity (Wildman–Crippen MR) is 70.8 cm³/mol. The Morgan fingerprint density at radius 1 is 1.16 bits per heavy atom. The zero-order valence-corrected chi connectivity index (χ0v) is 11.1. The number of halogens is 2. The third kappa shape index (κ3) is 2.79. The summed E-state index contributed by atoms with van der Waals surface area (Å²) in [6, 6.07) is 3.72. The highest BCUT2D eigenvalue weighted by Crippen LogP contribution is 2.39. The molecule has 19 heavy (non-hydrogen) atoms. The maximum absolute atomic E-state index is 13.7. The summed E-state index contributed by atoms with van der Waals surface area (Å²) in [5.41, 5.74) is 0.890. The van der Waals surface area contributed by atoms with Gasteiger partial charge < -0.3 is 5.32 Å². The van der Waals surface area contributed by atoms with Crippen LogP contribution >= 0.6 is 0 Å². The molecule has 0 aromatic heterocycles. The lowest BCUT2D eigenvalue weighted by atomic mass is 9.78. The first kappa shape index (κ1) is 13.0. The molecule has 1 aromatic carbocycles. The van der Waals surface area contributed by atoms with Crippen LogP contribution in [0.25, 0.3) is 0 Å². The number of piperidine rings is 1. The fourth-order valence-electron chi connectivity index (χ4n) is 3.43. The van der Waals surface area contributed by atoms with E-state index in [9.17, 15) is 8.78 Å². The summed E-state index contributed by atoms with van der Waals surface area (Å²) in [7, 11) is 0. The van der Waals surface area contributed by atoms with Crippen molar-refractivity contribution in [2.24, 2.45) is 5.41 Å². The van der Waals surface area contributed by atoms with Gasteiger partial charge in [0.05, 0.1) is 0 Å². The molecular weight excluding hydrogens is 246 g/mol. The minimum atomic E-state index is -0.354. The van der Waals surface area contributed by atoms with Crippen LogP contribution in [0.4, 0.5) is 8.78 Å². The summed E-state index contributed by atoms with van der Waals surface area (Å²) in [4.78, 5) is 2.27. The lowest BCUT2D eigenvalue weighted by Gasteiger charge is -2.33. The van der Waals surface area contributed by atoms with E-state index >= 15 is 0 Å². The molecule has 0 aliphatic carbocycles. The van der Waals surface area contributed by atoms with Crippen LogP contribution in [-0.4, -0.2) is 31.1 Å². The van der Waals surface area contributed by atoms with E-state index in [1.54, 1.807) is 0 Å². The molecule has 104 valence electrons. The highest BCUT2D eigenvalue weighted by atomic mass is 19.1. The van der Waals surface area contributed by atoms with Crippen molar-refractivity contribution in [2.45, 2.75) is 25.8 Å². The molecule has 0 radical (unpaired) electrons. The first-order valence-corrected chi connectivity index (χ1v) is 7.04. The molecule has 1 aromatic rings. The van der Waals surface area contributed by atoms with Crippen LogP contribution in [0.1, 0.15) is 24.8 Å². The molecule has 0 unspecified atom stereocenters. The largest absolute Gasteiger partial charge is 0.317 e. The van der Waals surface area contributed by atoms with Crippen LogP contribution in [0.2, 0.25) is 0 Å². The first-order valence-electron chi connectivity index (χ1n) is 7.04. The molecule has 2 aliphatic rings. The van der Waals surface area contributed by atoms with E-state index in [-0.39, 0.29) is 11.6 Å². The van der Waals surface area contributed by atoms with Crippen LogP contribution in [0.5, 0.6) is 0 Å². The van der Waals surface area contributed by atoms with Crippen LogP contribution in [-0.2, 0) is 6.54 Å². The molecule has 3 rings (SSSR count). The van der Waals surface area contributed by atoms with Gasteiger partial charge in [-0.05, 0) is 62.5 Å². The Morgan fingerprint density at radius 3 is 2.74 bits per heavy atom. The van der Waals surface area contributed by atoms with Gasteiger partial charge in [-0.25, -0.2) is 8.78 Å². The summed E-state index contributed by atoms with van der Waals surface area (Å²) >= 11 is 0. The molecule has 0 atom stereocenters. The van der Waals surface area contributed by atoms with Gasteiger partial charge in [0, 0.05) is 18.7 Å². The van der Waals surface area contributed by atoms with E-state index in [0.717, 1.165) is 26.2 Å². The number of nitrogens with one attached hydrogen (secondary N) is 1. The minimum Gasteiger partial charge on any atom is -0.317 e. The maximum atomic E-state index is 13.7. The van der Waals surface area contributed by atoms with Gasteiger partial charge in [-0.1, -0.05) is 0 Å². The maximum Gasteiger partial charge on any atom is 0.127 e. The molecule has 1 spiro atoms. The van der Waals surface area contributed by atoms with E-state index in [0.29, 0.717) is 17.5 Å². The zero-order chi connectivity index (χ0) is 13.3. The molecule has 0 amide bonds. The minimum absolute atomic E-state index is 0.298. The van der Waals surface area contributed by atoms with Gasteiger partial charge in [0.25, 0.3) is 0 Å². The number of hydrogen-bond acceptors (Lipinski definition) is 2. The fourth-order valence-corrected chi connectivity index (χ4v) is 3.43. The monoisotopic (exact) mass is 266 g/mol. The SMILES string of the molecule is Fc1ccc(F)c(CN2CCC3(CCNCC3)C2)c1. The van der Waals surface area contributed by atoms with E-state index in [2.05, 4.69) is 10.2 Å². The molecule has 2 aliphatic heterocycles. The van der Waals surface area contributed by atoms with Crippen LogP contribution in [0, 0.1) is 17.0 Å². The van der Waals surface area contributed by atoms with Crippen molar-refractivity contribution >= 4 is 0 Å². The Bertz CT molecular complexity index is 455. The number of nitrogens with zero attached hydrogens (tertiary/aromatic N) is 1. The standard InChI is InChI=1S/C15H20F2N2/c16-13-1-2-14(17)12(9-13)10-19-8-5-15(11-19)3-6-18-7-4-15/h1-2,9,18H,3-8,10-11H2. The molecule has 4 heteroatoms. The summed E-state index contributed by atoms with van der Waals surface area (Å²) in [6.07, 6.45) is 3.59.